The largest absolute Gasteiger partial charge is 0.490 e. The van der Waals surface area contributed by atoms with E-state index in [0.29, 0.717) is 6.54 Å². The molecule has 1 aliphatic rings. The van der Waals surface area contributed by atoms with Gasteiger partial charge < -0.3 is 25.6 Å². The van der Waals surface area contributed by atoms with E-state index in [9.17, 15) is 35.5 Å². The number of carbonyl (C=O) groups is 2. The van der Waals surface area contributed by atoms with Crippen molar-refractivity contribution in [2.45, 2.75) is 44.7 Å². The van der Waals surface area contributed by atoms with E-state index in [4.69, 9.17) is 15.6 Å². The van der Waals surface area contributed by atoms with Crippen molar-refractivity contribution in [1.29, 1.82) is 0 Å². The second-order valence-corrected chi connectivity index (χ2v) is 6.37. The minimum atomic E-state index is -5.08. The molecule has 7 nitrogen and oxygen atoms in total. The molecule has 1 saturated carbocycles. The van der Waals surface area contributed by atoms with Crippen molar-refractivity contribution < 1.29 is 54.9 Å². The number of hydrogen-bond acceptors (Lipinski definition) is 5. The van der Waals surface area contributed by atoms with Crippen LogP contribution in [-0.2, 0) is 4.79 Å². The Balaban J connectivity index is 0.000000592. The van der Waals surface area contributed by atoms with Gasteiger partial charge in [-0.05, 0) is 43.4 Å². The fourth-order valence-corrected chi connectivity index (χ4v) is 2.67. The highest BCUT2D eigenvalue weighted by molar-refractivity contribution is 5.94. The topological polar surface area (TPSA) is 111 Å². The fraction of sp³-hybridized carbons (Fsp3) is 0.529. The number of nitrogens with two attached hydrogens (primary N) is 1. The molecular weight excluding hydrogens is 445 g/mol. The summed E-state index contributed by atoms with van der Waals surface area (Å²) in [5.74, 6) is -4.20. The Bertz CT molecular complexity index is 746. The number of ether oxygens (including phenoxy) is 2. The minimum Gasteiger partial charge on any atom is -0.475 e. The van der Waals surface area contributed by atoms with Crippen molar-refractivity contribution in [3.05, 3.63) is 23.8 Å². The van der Waals surface area contributed by atoms with Crippen LogP contribution in [0, 0.1) is 5.92 Å². The number of aliphatic carboxylic acids is 1. The van der Waals surface area contributed by atoms with Crippen molar-refractivity contribution >= 4 is 11.9 Å². The number of hydrogen-bond donors (Lipinski definition) is 3. The first-order chi connectivity index (χ1) is 14.3. The highest BCUT2D eigenvalue weighted by Gasteiger charge is 2.38. The molecule has 0 saturated heterocycles. The summed E-state index contributed by atoms with van der Waals surface area (Å²) in [7, 11) is 0. The number of halogens is 7. The second kappa shape index (κ2) is 11.6. The maximum Gasteiger partial charge on any atom is 0.490 e. The van der Waals surface area contributed by atoms with Gasteiger partial charge in [0.25, 0.3) is 5.91 Å². The molecular formula is C17H19F7N2O5. The van der Waals surface area contributed by atoms with Crippen LogP contribution in [0.15, 0.2) is 18.2 Å². The molecule has 1 aromatic carbocycles. The number of carbonyl (C=O) groups excluding carboxylic acids is 1. The lowest BCUT2D eigenvalue weighted by Gasteiger charge is -2.14. The molecule has 1 amide bonds. The summed E-state index contributed by atoms with van der Waals surface area (Å²) in [4.78, 5) is 21.0. The van der Waals surface area contributed by atoms with Crippen molar-refractivity contribution in [2.75, 3.05) is 6.54 Å². The molecule has 1 aliphatic carbocycles. The second-order valence-electron chi connectivity index (χ2n) is 6.37. The number of amides is 1. The van der Waals surface area contributed by atoms with E-state index < -0.39 is 42.8 Å². The van der Waals surface area contributed by atoms with Gasteiger partial charge in [-0.1, -0.05) is 0 Å². The Kier molecular flexibility index (Phi) is 9.81. The quantitative estimate of drug-likeness (QED) is 0.534. The van der Waals surface area contributed by atoms with Crippen LogP contribution in [0.1, 0.15) is 29.6 Å². The van der Waals surface area contributed by atoms with Gasteiger partial charge in [0.15, 0.2) is 11.5 Å². The molecule has 0 unspecified atom stereocenters. The van der Waals surface area contributed by atoms with Crippen molar-refractivity contribution in [2.24, 2.45) is 11.7 Å². The Morgan fingerprint density at radius 3 is 2.10 bits per heavy atom. The number of carboxylic acid groups (broad SMARTS) is 1. The van der Waals surface area contributed by atoms with Crippen LogP contribution in [0.25, 0.3) is 0 Å². The normalized spacial score (nSPS) is 18.4. The van der Waals surface area contributed by atoms with E-state index in [2.05, 4.69) is 14.8 Å². The summed E-state index contributed by atoms with van der Waals surface area (Å²) in [6.45, 7) is -6.02. The predicted molar refractivity (Wildman–Crippen MR) is 91.0 cm³/mol. The highest BCUT2D eigenvalue weighted by Crippen LogP contribution is 2.31. The summed E-state index contributed by atoms with van der Waals surface area (Å²) >= 11 is 0. The summed E-state index contributed by atoms with van der Waals surface area (Å²) in [6.07, 6.45) is -2.48. The van der Waals surface area contributed by atoms with E-state index in [1.54, 1.807) is 0 Å². The number of rotatable bonds is 7. The molecule has 1 fully saturated rings. The lowest BCUT2D eigenvalue weighted by atomic mass is 10.1. The molecule has 1 aromatic rings. The van der Waals surface area contributed by atoms with Gasteiger partial charge in [-0.25, -0.2) is 4.79 Å². The van der Waals surface area contributed by atoms with Gasteiger partial charge in [0.2, 0.25) is 0 Å². The molecule has 0 spiro atoms. The molecule has 0 heterocycles. The van der Waals surface area contributed by atoms with Crippen LogP contribution in [0.2, 0.25) is 0 Å². The monoisotopic (exact) mass is 464 g/mol. The molecule has 176 valence electrons. The molecule has 0 aliphatic heterocycles. The van der Waals surface area contributed by atoms with Crippen LogP contribution >= 0.6 is 0 Å². The van der Waals surface area contributed by atoms with E-state index in [-0.39, 0.29) is 17.5 Å². The SMILES string of the molecule is N[C@@H]1CC[C@H](CNC(=O)c2ccc(OC(F)F)c(OC(F)F)c2)C1.O=C(O)C(F)(F)F. The Hall–Kier alpha value is -2.77. The Morgan fingerprint density at radius 2 is 1.65 bits per heavy atom. The van der Waals surface area contributed by atoms with Gasteiger partial charge >= 0.3 is 25.4 Å². The first kappa shape index (κ1) is 26.3. The lowest BCUT2D eigenvalue weighted by molar-refractivity contribution is -0.192. The van der Waals surface area contributed by atoms with Crippen LogP contribution in [0.3, 0.4) is 0 Å². The zero-order valence-electron chi connectivity index (χ0n) is 15.7. The van der Waals surface area contributed by atoms with Gasteiger partial charge in [-0.2, -0.15) is 30.7 Å². The predicted octanol–water partition coefficient (Wildman–Crippen LogP) is 3.38. The molecule has 2 rings (SSSR count). The van der Waals surface area contributed by atoms with Gasteiger partial charge in [0.1, 0.15) is 0 Å². The molecule has 0 aromatic heterocycles. The number of benzene rings is 1. The van der Waals surface area contributed by atoms with Gasteiger partial charge in [-0.15, -0.1) is 0 Å². The summed E-state index contributed by atoms with van der Waals surface area (Å²) in [6, 6.07) is 3.26. The van der Waals surface area contributed by atoms with Gasteiger partial charge in [-0.3, -0.25) is 4.79 Å². The maximum atomic E-state index is 12.4. The molecule has 14 heteroatoms. The average Bonchev–Trinajstić information content (AvgIpc) is 3.05. The van der Waals surface area contributed by atoms with E-state index in [0.717, 1.165) is 31.4 Å². The number of alkyl halides is 7. The molecule has 4 N–H and O–H groups in total. The third-order valence-electron chi connectivity index (χ3n) is 4.01. The zero-order valence-corrected chi connectivity index (χ0v) is 15.7. The van der Waals surface area contributed by atoms with Crippen molar-refractivity contribution in [1.82, 2.24) is 5.32 Å². The molecule has 0 radical (unpaired) electrons. The number of carboxylic acids is 1. The third kappa shape index (κ3) is 9.72. The van der Waals surface area contributed by atoms with E-state index in [1.807, 2.05) is 0 Å². The van der Waals surface area contributed by atoms with Crippen LogP contribution in [0.4, 0.5) is 30.7 Å². The number of nitrogens with one attached hydrogen (secondary N) is 1. The summed E-state index contributed by atoms with van der Waals surface area (Å²) in [5.41, 5.74) is 5.80. The highest BCUT2D eigenvalue weighted by atomic mass is 19.4. The van der Waals surface area contributed by atoms with Crippen LogP contribution in [0.5, 0.6) is 11.5 Å². The van der Waals surface area contributed by atoms with E-state index >= 15 is 0 Å². The smallest absolute Gasteiger partial charge is 0.475 e. The summed E-state index contributed by atoms with van der Waals surface area (Å²) < 4.78 is 89.3. The zero-order chi connectivity index (χ0) is 23.8. The molecule has 31 heavy (non-hydrogen) atoms. The van der Waals surface area contributed by atoms with Crippen LogP contribution in [-0.4, -0.2) is 49.0 Å². The third-order valence-corrected chi connectivity index (χ3v) is 4.01. The maximum absolute atomic E-state index is 12.4. The van der Waals surface area contributed by atoms with Crippen molar-refractivity contribution in [3.63, 3.8) is 0 Å². The first-order valence-corrected chi connectivity index (χ1v) is 8.67. The summed E-state index contributed by atoms with van der Waals surface area (Å²) in [5, 5.41) is 9.80. The van der Waals surface area contributed by atoms with Crippen molar-refractivity contribution in [3.8, 4) is 11.5 Å². The molecule has 0 bridgehead atoms. The fourth-order valence-electron chi connectivity index (χ4n) is 2.67. The lowest BCUT2D eigenvalue weighted by Crippen LogP contribution is -2.29. The Morgan fingerprint density at radius 1 is 1.10 bits per heavy atom. The Labute approximate surface area is 171 Å². The minimum absolute atomic E-state index is 0.00885. The van der Waals surface area contributed by atoms with E-state index in [1.165, 1.54) is 6.07 Å². The van der Waals surface area contributed by atoms with Gasteiger partial charge in [0.05, 0.1) is 0 Å². The first-order valence-electron chi connectivity index (χ1n) is 8.67. The van der Waals surface area contributed by atoms with Gasteiger partial charge in [0, 0.05) is 18.2 Å². The van der Waals surface area contributed by atoms with Crippen LogP contribution < -0.4 is 20.5 Å². The average molecular weight is 464 g/mol. The molecule has 2 atom stereocenters. The standard InChI is InChI=1S/C15H18F4N2O3.C2HF3O2/c16-14(17)23-11-4-2-9(6-12(11)24-15(18)19)13(22)21-7-8-1-3-10(20)5-8;3-2(4,5)1(6)7/h2,4,6,8,10,14-15H,1,3,5,7,20H2,(H,21,22);(H,6,7)/t8-,10+;/m0./s1.